The summed E-state index contributed by atoms with van der Waals surface area (Å²) in [5.41, 5.74) is 3.23. The Bertz CT molecular complexity index is 933. The van der Waals surface area contributed by atoms with Gasteiger partial charge >= 0.3 is 0 Å². The first-order valence-corrected chi connectivity index (χ1v) is 8.88. The lowest BCUT2D eigenvalue weighted by Crippen LogP contribution is -2.29. The minimum absolute atomic E-state index is 0.0898. The molecule has 2 aromatic heterocycles. The standard InChI is InChI=1S/C20H24N6O/c1-5-16(18-9-10-23-26(18)4)24-20(27)15-8-6-7-14(11-15)17-12-19(25(2)3)22-13-21-17/h6-13,16H,5H2,1-4H3,(H,24,27)/t16-/m0/s1. The van der Waals surface area contributed by atoms with Gasteiger partial charge in [0.05, 0.1) is 17.4 Å². The number of nitrogens with zero attached hydrogens (tertiary/aromatic N) is 5. The second kappa shape index (κ2) is 7.99. The van der Waals surface area contributed by atoms with Crippen LogP contribution in [-0.2, 0) is 7.05 Å². The summed E-state index contributed by atoms with van der Waals surface area (Å²) in [6.07, 6.45) is 4.05. The predicted molar refractivity (Wildman–Crippen MR) is 106 cm³/mol. The maximum absolute atomic E-state index is 12.8. The topological polar surface area (TPSA) is 75.9 Å². The Hall–Kier alpha value is -3.22. The SMILES string of the molecule is CC[C@H](NC(=O)c1cccc(-c2cc(N(C)C)ncn2)c1)c1ccnn1C. The molecule has 0 aliphatic rings. The number of rotatable bonds is 6. The zero-order valence-electron chi connectivity index (χ0n) is 16.0. The molecule has 1 aromatic carbocycles. The van der Waals surface area contributed by atoms with Gasteiger partial charge in [0.2, 0.25) is 0 Å². The van der Waals surface area contributed by atoms with Gasteiger partial charge in [-0.1, -0.05) is 19.1 Å². The summed E-state index contributed by atoms with van der Waals surface area (Å²) >= 11 is 0. The van der Waals surface area contributed by atoms with Crippen LogP contribution in [0.5, 0.6) is 0 Å². The number of hydrogen-bond donors (Lipinski definition) is 1. The normalized spacial score (nSPS) is 11.9. The zero-order valence-corrected chi connectivity index (χ0v) is 16.0. The fourth-order valence-electron chi connectivity index (χ4n) is 2.92. The molecule has 0 aliphatic heterocycles. The summed E-state index contributed by atoms with van der Waals surface area (Å²) in [5.74, 6) is 0.698. The lowest BCUT2D eigenvalue weighted by Gasteiger charge is -2.17. The Morgan fingerprint density at radius 2 is 2.04 bits per heavy atom. The van der Waals surface area contributed by atoms with E-state index in [1.807, 2.05) is 69.4 Å². The second-order valence-electron chi connectivity index (χ2n) is 6.55. The number of aryl methyl sites for hydroxylation is 1. The summed E-state index contributed by atoms with van der Waals surface area (Å²) in [5, 5.41) is 7.28. The van der Waals surface area contributed by atoms with Gasteiger partial charge in [0, 0.05) is 44.5 Å². The second-order valence-corrected chi connectivity index (χ2v) is 6.55. The first-order chi connectivity index (χ1) is 13.0. The Balaban J connectivity index is 1.83. The summed E-state index contributed by atoms with van der Waals surface area (Å²) < 4.78 is 1.79. The summed E-state index contributed by atoms with van der Waals surface area (Å²) in [6, 6.07) is 11.2. The van der Waals surface area contributed by atoms with Crippen molar-refractivity contribution in [3.05, 3.63) is 60.2 Å². The van der Waals surface area contributed by atoms with Crippen LogP contribution in [0.1, 0.15) is 35.4 Å². The van der Waals surface area contributed by atoms with E-state index < -0.39 is 0 Å². The zero-order chi connectivity index (χ0) is 19.4. The van der Waals surface area contributed by atoms with Crippen LogP contribution in [0.4, 0.5) is 5.82 Å². The molecule has 0 bridgehead atoms. The van der Waals surface area contributed by atoms with E-state index in [-0.39, 0.29) is 11.9 Å². The molecule has 0 spiro atoms. The molecule has 140 valence electrons. The number of carbonyl (C=O) groups excluding carboxylic acids is 1. The van der Waals surface area contributed by atoms with Crippen molar-refractivity contribution < 1.29 is 4.79 Å². The molecular weight excluding hydrogens is 340 g/mol. The fraction of sp³-hybridized carbons (Fsp3) is 0.300. The van der Waals surface area contributed by atoms with Gasteiger partial charge < -0.3 is 10.2 Å². The van der Waals surface area contributed by atoms with Crippen LogP contribution < -0.4 is 10.2 Å². The van der Waals surface area contributed by atoms with Crippen molar-refractivity contribution in [2.24, 2.45) is 7.05 Å². The van der Waals surface area contributed by atoms with Gasteiger partial charge in [0.25, 0.3) is 5.91 Å². The monoisotopic (exact) mass is 364 g/mol. The number of anilines is 1. The number of amides is 1. The van der Waals surface area contributed by atoms with Gasteiger partial charge in [-0.05, 0) is 24.6 Å². The first kappa shape index (κ1) is 18.6. The number of nitrogens with one attached hydrogen (secondary N) is 1. The molecule has 2 heterocycles. The van der Waals surface area contributed by atoms with Crippen LogP contribution in [0.3, 0.4) is 0 Å². The van der Waals surface area contributed by atoms with Crippen LogP contribution >= 0.6 is 0 Å². The van der Waals surface area contributed by atoms with Crippen LogP contribution in [0.2, 0.25) is 0 Å². The molecule has 7 nitrogen and oxygen atoms in total. The van der Waals surface area contributed by atoms with Crippen molar-refractivity contribution in [2.45, 2.75) is 19.4 Å². The van der Waals surface area contributed by atoms with E-state index in [0.717, 1.165) is 29.2 Å². The molecule has 0 saturated heterocycles. The highest BCUT2D eigenvalue weighted by molar-refractivity contribution is 5.95. The van der Waals surface area contributed by atoms with Crippen molar-refractivity contribution in [1.82, 2.24) is 25.1 Å². The van der Waals surface area contributed by atoms with E-state index in [9.17, 15) is 4.79 Å². The van der Waals surface area contributed by atoms with Crippen LogP contribution in [0.25, 0.3) is 11.3 Å². The molecule has 7 heteroatoms. The minimum Gasteiger partial charge on any atom is -0.363 e. The highest BCUT2D eigenvalue weighted by Gasteiger charge is 2.17. The minimum atomic E-state index is -0.119. The lowest BCUT2D eigenvalue weighted by molar-refractivity contribution is 0.0934. The van der Waals surface area contributed by atoms with Crippen LogP contribution in [-0.4, -0.2) is 39.8 Å². The maximum Gasteiger partial charge on any atom is 0.251 e. The summed E-state index contributed by atoms with van der Waals surface area (Å²) in [4.78, 5) is 23.3. The Morgan fingerprint density at radius 1 is 1.22 bits per heavy atom. The Labute approximate surface area is 159 Å². The molecule has 3 rings (SSSR count). The van der Waals surface area contributed by atoms with Crippen molar-refractivity contribution in [3.8, 4) is 11.3 Å². The number of benzene rings is 1. The van der Waals surface area contributed by atoms with Gasteiger partial charge in [-0.3, -0.25) is 9.48 Å². The average molecular weight is 364 g/mol. The number of carbonyl (C=O) groups is 1. The molecular formula is C20H24N6O. The van der Waals surface area contributed by atoms with Crippen LogP contribution in [0, 0.1) is 0 Å². The molecule has 0 saturated carbocycles. The highest BCUT2D eigenvalue weighted by Crippen LogP contribution is 2.22. The predicted octanol–water partition coefficient (Wildman–Crippen LogP) is 2.82. The summed E-state index contributed by atoms with van der Waals surface area (Å²) in [7, 11) is 5.74. The Morgan fingerprint density at radius 3 is 2.70 bits per heavy atom. The van der Waals surface area contributed by atoms with Gasteiger partial charge in [-0.2, -0.15) is 5.10 Å². The molecule has 0 fully saturated rings. The first-order valence-electron chi connectivity index (χ1n) is 8.88. The van der Waals surface area contributed by atoms with Gasteiger partial charge in [0.1, 0.15) is 12.1 Å². The molecule has 1 N–H and O–H groups in total. The molecule has 27 heavy (non-hydrogen) atoms. The molecule has 1 atom stereocenters. The molecule has 1 amide bonds. The smallest absolute Gasteiger partial charge is 0.251 e. The van der Waals surface area contributed by atoms with E-state index in [4.69, 9.17) is 0 Å². The van der Waals surface area contributed by atoms with E-state index in [1.165, 1.54) is 6.33 Å². The fourth-order valence-corrected chi connectivity index (χ4v) is 2.92. The molecule has 0 aliphatic carbocycles. The maximum atomic E-state index is 12.8. The van der Waals surface area contributed by atoms with E-state index in [2.05, 4.69) is 20.4 Å². The third-order valence-corrected chi connectivity index (χ3v) is 4.46. The third-order valence-electron chi connectivity index (χ3n) is 4.46. The number of hydrogen-bond acceptors (Lipinski definition) is 5. The number of aromatic nitrogens is 4. The van der Waals surface area contributed by atoms with Crippen molar-refractivity contribution in [1.29, 1.82) is 0 Å². The lowest BCUT2D eigenvalue weighted by atomic mass is 10.1. The van der Waals surface area contributed by atoms with Crippen LogP contribution in [0.15, 0.2) is 48.9 Å². The molecule has 0 unspecified atom stereocenters. The molecule has 3 aromatic rings. The van der Waals surface area contributed by atoms with Crippen molar-refractivity contribution in [3.63, 3.8) is 0 Å². The largest absolute Gasteiger partial charge is 0.363 e. The van der Waals surface area contributed by atoms with Crippen molar-refractivity contribution >= 4 is 11.7 Å². The van der Waals surface area contributed by atoms with E-state index in [1.54, 1.807) is 10.9 Å². The van der Waals surface area contributed by atoms with E-state index in [0.29, 0.717) is 5.56 Å². The molecule has 0 radical (unpaired) electrons. The quantitative estimate of drug-likeness (QED) is 0.728. The van der Waals surface area contributed by atoms with Crippen molar-refractivity contribution in [2.75, 3.05) is 19.0 Å². The average Bonchev–Trinajstić information content (AvgIpc) is 3.12. The Kier molecular flexibility index (Phi) is 5.49. The van der Waals surface area contributed by atoms with Gasteiger partial charge in [-0.25, -0.2) is 9.97 Å². The van der Waals surface area contributed by atoms with E-state index >= 15 is 0 Å². The van der Waals surface area contributed by atoms with Gasteiger partial charge in [0.15, 0.2) is 0 Å². The third kappa shape index (κ3) is 4.13. The highest BCUT2D eigenvalue weighted by atomic mass is 16.1. The summed E-state index contributed by atoms with van der Waals surface area (Å²) in [6.45, 7) is 2.04. The van der Waals surface area contributed by atoms with Gasteiger partial charge in [-0.15, -0.1) is 0 Å².